The van der Waals surface area contributed by atoms with Crippen LogP contribution in [-0.2, 0) is 4.79 Å². The van der Waals surface area contributed by atoms with E-state index in [1.54, 1.807) is 6.08 Å². The number of hydrazone groups is 1. The summed E-state index contributed by atoms with van der Waals surface area (Å²) in [6.07, 6.45) is 2.34. The van der Waals surface area contributed by atoms with Crippen molar-refractivity contribution in [1.82, 2.24) is 5.01 Å². The van der Waals surface area contributed by atoms with Crippen molar-refractivity contribution in [2.75, 3.05) is 0 Å². The minimum absolute atomic E-state index is 0.0500. The van der Waals surface area contributed by atoms with E-state index in [9.17, 15) is 4.79 Å². The monoisotopic (exact) mass is 404 g/mol. The number of nitrogens with zero attached hydrogens (tertiary/aromatic N) is 3. The van der Waals surface area contributed by atoms with Gasteiger partial charge in [0.2, 0.25) is 5.17 Å². The van der Waals surface area contributed by atoms with Gasteiger partial charge in [0.15, 0.2) is 5.84 Å². The highest BCUT2D eigenvalue weighted by Gasteiger charge is 2.35. The lowest BCUT2D eigenvalue weighted by Crippen LogP contribution is -2.35. The van der Waals surface area contributed by atoms with Gasteiger partial charge in [0.05, 0.1) is 5.57 Å². The fourth-order valence-electron chi connectivity index (χ4n) is 2.98. The van der Waals surface area contributed by atoms with Crippen LogP contribution in [0.1, 0.15) is 37.5 Å². The largest absolute Gasteiger partial charge is 0.486 e. The summed E-state index contributed by atoms with van der Waals surface area (Å²) in [5.41, 5.74) is 2.12. The molecule has 2 heterocycles. The van der Waals surface area contributed by atoms with Crippen LogP contribution in [0.3, 0.4) is 0 Å². The maximum atomic E-state index is 12.4. The van der Waals surface area contributed by atoms with E-state index in [0.717, 1.165) is 28.3 Å². The van der Waals surface area contributed by atoms with Crippen molar-refractivity contribution < 1.29 is 9.53 Å². The van der Waals surface area contributed by atoms with Crippen molar-refractivity contribution >= 4 is 39.8 Å². The Balaban J connectivity index is 1.51. The molecule has 1 unspecified atom stereocenters. The average Bonchev–Trinajstić information content (AvgIpc) is 3.16. The van der Waals surface area contributed by atoms with Crippen LogP contribution in [0.5, 0.6) is 5.75 Å². The molecule has 0 saturated carbocycles. The zero-order valence-corrected chi connectivity index (χ0v) is 16.9. The lowest BCUT2D eigenvalue weighted by Gasteiger charge is -2.20. The van der Waals surface area contributed by atoms with Crippen LogP contribution >= 0.6 is 11.8 Å². The van der Waals surface area contributed by atoms with Crippen molar-refractivity contribution in [3.63, 3.8) is 0 Å². The minimum Gasteiger partial charge on any atom is -0.486 e. The van der Waals surface area contributed by atoms with E-state index < -0.39 is 5.91 Å². The van der Waals surface area contributed by atoms with Gasteiger partial charge >= 0.3 is 0 Å². The predicted octanol–water partition coefficient (Wildman–Crippen LogP) is 4.86. The SMILES string of the molecule is CCC1=NN2C(=N)/C(=C\c3ccc(OC(C)c4ccccc4)cc3)C(=O)N=C2S1. The second kappa shape index (κ2) is 8.05. The molecule has 29 heavy (non-hydrogen) atoms. The molecule has 2 aromatic rings. The lowest BCUT2D eigenvalue weighted by atomic mass is 10.1. The molecule has 1 amide bonds. The molecule has 4 rings (SSSR count). The van der Waals surface area contributed by atoms with Gasteiger partial charge in [-0.2, -0.15) is 15.1 Å². The van der Waals surface area contributed by atoms with E-state index in [4.69, 9.17) is 10.1 Å². The molecule has 0 aliphatic carbocycles. The summed E-state index contributed by atoms with van der Waals surface area (Å²) < 4.78 is 5.99. The van der Waals surface area contributed by atoms with Gasteiger partial charge in [-0.1, -0.05) is 49.4 Å². The number of fused-ring (bicyclic) bond motifs is 1. The molecular formula is C22H20N4O2S. The first kappa shape index (κ1) is 19.1. The first-order chi connectivity index (χ1) is 14.0. The number of nitrogens with one attached hydrogen (secondary N) is 1. The number of hydrogen-bond acceptors (Lipinski definition) is 5. The summed E-state index contributed by atoms with van der Waals surface area (Å²) in [5.74, 6) is 0.371. The Hall–Kier alpha value is -3.19. The van der Waals surface area contributed by atoms with Gasteiger partial charge in [-0.25, -0.2) is 0 Å². The van der Waals surface area contributed by atoms with E-state index in [2.05, 4.69) is 10.1 Å². The van der Waals surface area contributed by atoms with Gasteiger partial charge in [0.1, 0.15) is 16.9 Å². The van der Waals surface area contributed by atoms with Crippen molar-refractivity contribution in [2.24, 2.45) is 10.1 Å². The van der Waals surface area contributed by atoms with E-state index in [1.807, 2.05) is 68.4 Å². The third kappa shape index (κ3) is 4.00. The Kier molecular flexibility index (Phi) is 5.31. The number of ether oxygens (including phenoxy) is 1. The number of amidine groups is 2. The summed E-state index contributed by atoms with van der Waals surface area (Å²) >= 11 is 1.34. The fourth-order valence-corrected chi connectivity index (χ4v) is 3.80. The molecular weight excluding hydrogens is 384 g/mol. The molecule has 1 atom stereocenters. The second-order valence-electron chi connectivity index (χ2n) is 6.61. The Morgan fingerprint density at radius 2 is 1.90 bits per heavy atom. The number of benzene rings is 2. The number of hydrogen-bond donors (Lipinski definition) is 1. The first-order valence-electron chi connectivity index (χ1n) is 9.36. The van der Waals surface area contributed by atoms with Crippen LogP contribution < -0.4 is 4.74 Å². The molecule has 0 spiro atoms. The molecule has 0 bridgehead atoms. The van der Waals surface area contributed by atoms with Crippen LogP contribution in [0.2, 0.25) is 0 Å². The first-order valence-corrected chi connectivity index (χ1v) is 10.2. The number of aliphatic imine (C=N–C) groups is 1. The highest BCUT2D eigenvalue weighted by molar-refractivity contribution is 8.26. The molecule has 0 saturated heterocycles. The molecule has 2 aliphatic rings. The molecule has 6 nitrogen and oxygen atoms in total. The van der Waals surface area contributed by atoms with Gasteiger partial charge in [-0.05, 0) is 54.4 Å². The number of carbonyl (C=O) groups is 1. The molecule has 0 radical (unpaired) electrons. The van der Waals surface area contributed by atoms with Crippen molar-refractivity contribution in [3.8, 4) is 5.75 Å². The molecule has 2 aliphatic heterocycles. The minimum atomic E-state index is -0.417. The zero-order valence-electron chi connectivity index (χ0n) is 16.1. The van der Waals surface area contributed by atoms with Gasteiger partial charge in [0.25, 0.3) is 5.91 Å². The highest BCUT2D eigenvalue weighted by atomic mass is 32.2. The number of rotatable bonds is 5. The average molecular weight is 404 g/mol. The highest BCUT2D eigenvalue weighted by Crippen LogP contribution is 2.29. The van der Waals surface area contributed by atoms with Gasteiger partial charge < -0.3 is 4.74 Å². The summed E-state index contributed by atoms with van der Waals surface area (Å²) in [6.45, 7) is 3.98. The summed E-state index contributed by atoms with van der Waals surface area (Å²) in [4.78, 5) is 16.5. The maximum Gasteiger partial charge on any atom is 0.283 e. The second-order valence-corrected chi connectivity index (χ2v) is 7.65. The number of thioether (sulfide) groups is 1. The standard InChI is InChI=1S/C22H20N4O2S/c1-3-19-25-26-20(23)18(21(27)24-22(26)29-19)13-15-9-11-17(12-10-15)28-14(2)16-7-5-4-6-8-16/h4-14,23H,3H2,1-2H3/b18-13+,23-20?. The molecule has 0 fully saturated rings. The third-order valence-electron chi connectivity index (χ3n) is 4.57. The van der Waals surface area contributed by atoms with Gasteiger partial charge in [-0.15, -0.1) is 0 Å². The normalized spacial score (nSPS) is 18.4. The summed E-state index contributed by atoms with van der Waals surface area (Å²) in [6, 6.07) is 17.4. The van der Waals surface area contributed by atoms with E-state index in [0.29, 0.717) is 5.17 Å². The molecule has 7 heteroatoms. The van der Waals surface area contributed by atoms with Crippen molar-refractivity contribution in [3.05, 3.63) is 71.3 Å². The van der Waals surface area contributed by atoms with E-state index in [1.165, 1.54) is 16.8 Å². The van der Waals surface area contributed by atoms with Crippen LogP contribution in [-0.4, -0.2) is 27.0 Å². The Morgan fingerprint density at radius 3 is 2.59 bits per heavy atom. The number of amides is 1. The Bertz CT molecular complexity index is 1040. The van der Waals surface area contributed by atoms with Gasteiger partial charge in [-0.3, -0.25) is 10.2 Å². The smallest absolute Gasteiger partial charge is 0.283 e. The van der Waals surface area contributed by atoms with Crippen molar-refractivity contribution in [2.45, 2.75) is 26.4 Å². The van der Waals surface area contributed by atoms with Crippen molar-refractivity contribution in [1.29, 1.82) is 5.41 Å². The third-order valence-corrected chi connectivity index (χ3v) is 5.62. The Labute approximate surface area is 173 Å². The topological polar surface area (TPSA) is 78.1 Å². The van der Waals surface area contributed by atoms with E-state index >= 15 is 0 Å². The van der Waals surface area contributed by atoms with Crippen LogP contribution in [0.25, 0.3) is 6.08 Å². The van der Waals surface area contributed by atoms with Crippen LogP contribution in [0.4, 0.5) is 0 Å². The number of carbonyl (C=O) groups excluding carboxylic acids is 1. The van der Waals surface area contributed by atoms with E-state index in [-0.39, 0.29) is 17.5 Å². The predicted molar refractivity (Wildman–Crippen MR) is 117 cm³/mol. The summed E-state index contributed by atoms with van der Waals surface area (Å²) in [5, 5.41) is 15.4. The zero-order chi connectivity index (χ0) is 20.4. The molecule has 146 valence electrons. The van der Waals surface area contributed by atoms with Crippen LogP contribution in [0.15, 0.2) is 70.3 Å². The fraction of sp³-hybridized carbons (Fsp3) is 0.182. The quantitative estimate of drug-likeness (QED) is 0.722. The lowest BCUT2D eigenvalue weighted by molar-refractivity contribution is -0.114. The Morgan fingerprint density at radius 1 is 1.17 bits per heavy atom. The summed E-state index contributed by atoms with van der Waals surface area (Å²) in [7, 11) is 0. The molecule has 0 aromatic heterocycles. The molecule has 1 N–H and O–H groups in total. The maximum absolute atomic E-state index is 12.4. The van der Waals surface area contributed by atoms with Gasteiger partial charge in [0, 0.05) is 0 Å². The molecule has 2 aromatic carbocycles. The van der Waals surface area contributed by atoms with Crippen LogP contribution in [0, 0.1) is 5.41 Å².